The minimum Gasteiger partial charge on any atom is -0.493 e. The third-order valence-corrected chi connectivity index (χ3v) is 5.43. The Bertz CT molecular complexity index is 1100. The van der Waals surface area contributed by atoms with Gasteiger partial charge in [0.15, 0.2) is 18.1 Å². The zero-order valence-corrected chi connectivity index (χ0v) is 19.5. The van der Waals surface area contributed by atoms with Crippen molar-refractivity contribution < 1.29 is 33.4 Å². The summed E-state index contributed by atoms with van der Waals surface area (Å²) in [5.74, 6) is -2.12. The van der Waals surface area contributed by atoms with Crippen molar-refractivity contribution in [3.8, 4) is 11.5 Å². The van der Waals surface area contributed by atoms with Crippen LogP contribution in [0.2, 0.25) is 0 Å². The average Bonchev–Trinajstić information content (AvgIpc) is 3.19. The van der Waals surface area contributed by atoms with Gasteiger partial charge in [0, 0.05) is 17.7 Å². The number of nitrogens with zero attached hydrogens (tertiary/aromatic N) is 1. The van der Waals surface area contributed by atoms with Gasteiger partial charge >= 0.3 is 5.97 Å². The summed E-state index contributed by atoms with van der Waals surface area (Å²) in [5.41, 5.74) is 5.19. The molecule has 0 spiro atoms. The fourth-order valence-electron chi connectivity index (χ4n) is 3.58. The number of nitrogens with one attached hydrogen (secondary N) is 2. The number of rotatable bonds is 8. The molecule has 0 unspecified atom stereocenters. The second-order valence-electron chi connectivity index (χ2n) is 7.84. The average molecular weight is 469 g/mol. The van der Waals surface area contributed by atoms with Crippen molar-refractivity contribution in [1.29, 1.82) is 0 Å². The molecule has 10 nitrogen and oxygen atoms in total. The van der Waals surface area contributed by atoms with Crippen molar-refractivity contribution in [1.82, 2.24) is 10.4 Å². The number of benzene rings is 2. The molecule has 1 aliphatic heterocycles. The Morgan fingerprint density at radius 3 is 2.35 bits per heavy atom. The number of hydrogen-bond donors (Lipinski definition) is 2. The minimum atomic E-state index is -0.800. The van der Waals surface area contributed by atoms with Crippen LogP contribution in [0.25, 0.3) is 0 Å². The van der Waals surface area contributed by atoms with Crippen molar-refractivity contribution in [2.75, 3.05) is 32.7 Å². The number of hydrazine groups is 1. The van der Waals surface area contributed by atoms with Crippen molar-refractivity contribution in [3.63, 3.8) is 0 Å². The predicted molar refractivity (Wildman–Crippen MR) is 122 cm³/mol. The monoisotopic (exact) mass is 469 g/mol. The number of hydrogen-bond acceptors (Lipinski definition) is 7. The molecular formula is C24H27N3O7. The second-order valence-corrected chi connectivity index (χ2v) is 7.84. The van der Waals surface area contributed by atoms with E-state index in [0.717, 1.165) is 16.1 Å². The molecule has 2 aromatic rings. The highest BCUT2D eigenvalue weighted by Gasteiger charge is 2.36. The summed E-state index contributed by atoms with van der Waals surface area (Å²) in [5, 5.41) is 3.81. The Balaban J connectivity index is 1.53. The molecule has 3 amide bonds. The van der Waals surface area contributed by atoms with E-state index in [1.165, 1.54) is 26.4 Å². The molecular weight excluding hydrogens is 442 g/mol. The Morgan fingerprint density at radius 1 is 1.03 bits per heavy atom. The van der Waals surface area contributed by atoms with Gasteiger partial charge in [0.2, 0.25) is 5.91 Å². The molecule has 0 aromatic heterocycles. The summed E-state index contributed by atoms with van der Waals surface area (Å²) >= 11 is 0. The highest BCUT2D eigenvalue weighted by molar-refractivity contribution is 5.97. The Labute approximate surface area is 197 Å². The zero-order valence-electron chi connectivity index (χ0n) is 19.5. The summed E-state index contributed by atoms with van der Waals surface area (Å²) < 4.78 is 15.4. The lowest BCUT2D eigenvalue weighted by Crippen LogP contribution is -2.43. The van der Waals surface area contributed by atoms with Gasteiger partial charge in [0.25, 0.3) is 11.8 Å². The lowest BCUT2D eigenvalue weighted by Gasteiger charge is -2.18. The number of aryl methyl sites for hydroxylation is 2. The molecule has 1 atom stereocenters. The molecule has 0 aliphatic carbocycles. The quantitative estimate of drug-likeness (QED) is 0.567. The summed E-state index contributed by atoms with van der Waals surface area (Å²) in [4.78, 5) is 49.5. The van der Waals surface area contributed by atoms with Crippen molar-refractivity contribution >= 4 is 29.4 Å². The van der Waals surface area contributed by atoms with E-state index in [9.17, 15) is 19.2 Å². The number of methoxy groups -OCH3 is 2. The molecule has 0 bridgehead atoms. The van der Waals surface area contributed by atoms with E-state index in [-0.39, 0.29) is 18.5 Å². The van der Waals surface area contributed by atoms with Gasteiger partial charge in [-0.2, -0.15) is 0 Å². The molecule has 2 aromatic carbocycles. The van der Waals surface area contributed by atoms with E-state index in [4.69, 9.17) is 14.2 Å². The van der Waals surface area contributed by atoms with Gasteiger partial charge in [-0.25, -0.2) is 0 Å². The standard InChI is InChI=1S/C24H27N3O7/c1-14-6-5-7-15(2)22(14)25-20(28)13-34-24(31)17-11-21(29)27(12-17)26-23(30)16-8-9-18(32-3)19(10-16)33-4/h5-10,17H,11-13H2,1-4H3,(H,25,28)(H,26,30)/t17-/m1/s1. The van der Waals surface area contributed by atoms with Crippen LogP contribution in [0.1, 0.15) is 27.9 Å². The van der Waals surface area contributed by atoms with Crippen LogP contribution >= 0.6 is 0 Å². The topological polar surface area (TPSA) is 123 Å². The van der Waals surface area contributed by atoms with E-state index in [2.05, 4.69) is 10.7 Å². The van der Waals surface area contributed by atoms with Crippen LogP contribution in [0, 0.1) is 19.8 Å². The summed E-state index contributed by atoms with van der Waals surface area (Å²) in [6.45, 7) is 3.19. The molecule has 1 fully saturated rings. The van der Waals surface area contributed by atoms with E-state index in [1.807, 2.05) is 32.0 Å². The maximum Gasteiger partial charge on any atom is 0.311 e. The number of carbonyl (C=O) groups is 4. The van der Waals surface area contributed by atoms with Crippen molar-refractivity contribution in [3.05, 3.63) is 53.1 Å². The molecule has 34 heavy (non-hydrogen) atoms. The zero-order chi connectivity index (χ0) is 24.8. The summed E-state index contributed by atoms with van der Waals surface area (Å²) in [7, 11) is 2.93. The molecule has 0 radical (unpaired) electrons. The minimum absolute atomic E-state index is 0.0603. The number of carbonyl (C=O) groups excluding carboxylic acids is 4. The van der Waals surface area contributed by atoms with Gasteiger partial charge in [-0.05, 0) is 43.2 Å². The third kappa shape index (κ3) is 5.64. The smallest absolute Gasteiger partial charge is 0.311 e. The van der Waals surface area contributed by atoms with Gasteiger partial charge in [-0.3, -0.25) is 29.6 Å². The first-order valence-electron chi connectivity index (χ1n) is 10.6. The molecule has 0 saturated carbocycles. The maximum absolute atomic E-state index is 12.6. The Kier molecular flexibility index (Phi) is 7.72. The van der Waals surface area contributed by atoms with Crippen molar-refractivity contribution in [2.45, 2.75) is 20.3 Å². The first-order chi connectivity index (χ1) is 16.2. The molecule has 3 rings (SSSR count). The normalized spacial score (nSPS) is 15.0. The summed E-state index contributed by atoms with van der Waals surface area (Å²) in [6.07, 6.45) is -0.135. The number of anilines is 1. The van der Waals surface area contributed by atoms with Crippen LogP contribution in [-0.2, 0) is 19.1 Å². The highest BCUT2D eigenvalue weighted by atomic mass is 16.5. The SMILES string of the molecule is COc1ccc(C(=O)NN2C[C@H](C(=O)OCC(=O)Nc3c(C)cccc3C)CC2=O)cc1OC. The van der Waals surface area contributed by atoms with Gasteiger partial charge in [-0.15, -0.1) is 0 Å². The third-order valence-electron chi connectivity index (χ3n) is 5.43. The Hall–Kier alpha value is -4.08. The van der Waals surface area contributed by atoms with E-state index in [0.29, 0.717) is 17.2 Å². The van der Waals surface area contributed by atoms with Gasteiger partial charge in [0.05, 0.1) is 26.7 Å². The molecule has 10 heteroatoms. The van der Waals surface area contributed by atoms with Crippen LogP contribution in [0.15, 0.2) is 36.4 Å². The number of amides is 3. The van der Waals surface area contributed by atoms with Crippen molar-refractivity contribution in [2.24, 2.45) is 5.92 Å². The highest BCUT2D eigenvalue weighted by Crippen LogP contribution is 2.28. The molecule has 180 valence electrons. The predicted octanol–water partition coefficient (Wildman–Crippen LogP) is 2.00. The van der Waals surface area contributed by atoms with Crippen LogP contribution in [-0.4, -0.2) is 56.1 Å². The van der Waals surface area contributed by atoms with Gasteiger partial charge in [-0.1, -0.05) is 18.2 Å². The van der Waals surface area contributed by atoms with Crippen LogP contribution in [0.3, 0.4) is 0 Å². The first-order valence-corrected chi connectivity index (χ1v) is 10.6. The molecule has 2 N–H and O–H groups in total. The lowest BCUT2D eigenvalue weighted by atomic mass is 10.1. The Morgan fingerprint density at radius 2 is 1.71 bits per heavy atom. The largest absolute Gasteiger partial charge is 0.493 e. The van der Waals surface area contributed by atoms with E-state index in [1.54, 1.807) is 6.07 Å². The number of ether oxygens (including phenoxy) is 3. The van der Waals surface area contributed by atoms with E-state index < -0.39 is 36.2 Å². The van der Waals surface area contributed by atoms with E-state index >= 15 is 0 Å². The van der Waals surface area contributed by atoms with Gasteiger partial charge in [0.1, 0.15) is 0 Å². The number of esters is 1. The maximum atomic E-state index is 12.6. The van der Waals surface area contributed by atoms with Crippen LogP contribution in [0.5, 0.6) is 11.5 Å². The summed E-state index contributed by atoms with van der Waals surface area (Å²) in [6, 6.07) is 10.2. The van der Waals surface area contributed by atoms with Crippen LogP contribution in [0.4, 0.5) is 5.69 Å². The number of para-hydroxylation sites is 1. The lowest BCUT2D eigenvalue weighted by molar-refractivity contribution is -0.151. The van der Waals surface area contributed by atoms with Crippen LogP contribution < -0.4 is 20.2 Å². The molecule has 1 saturated heterocycles. The fourth-order valence-corrected chi connectivity index (χ4v) is 3.58. The second kappa shape index (κ2) is 10.7. The molecule has 1 aliphatic rings. The first kappa shape index (κ1) is 24.6. The fraction of sp³-hybridized carbons (Fsp3) is 0.333. The molecule has 1 heterocycles. The van der Waals surface area contributed by atoms with Gasteiger partial charge < -0.3 is 19.5 Å².